The average molecular weight is 236 g/mol. The minimum atomic E-state index is -0.479. The lowest BCUT2D eigenvalue weighted by molar-refractivity contribution is -0.385. The number of nitro groups is 1. The quantitative estimate of drug-likeness (QED) is 0.497. The molecule has 0 atom stereocenters. The number of ether oxygens (including phenoxy) is 1. The molecule has 0 saturated heterocycles. The summed E-state index contributed by atoms with van der Waals surface area (Å²) in [5.74, 6) is 0.293. The molecule has 1 fully saturated rings. The minimum absolute atomic E-state index is 0.0873. The first-order valence-corrected chi connectivity index (χ1v) is 5.88. The Balaban J connectivity index is 2.19. The lowest BCUT2D eigenvalue weighted by atomic mass is 9.98. The number of benzene rings is 1. The normalized spacial score (nSPS) is 16.7. The van der Waals surface area contributed by atoms with Crippen molar-refractivity contribution in [2.75, 3.05) is 5.73 Å². The Hall–Kier alpha value is -1.78. The molecule has 0 radical (unpaired) electrons. The summed E-state index contributed by atoms with van der Waals surface area (Å²) < 4.78 is 5.71. The predicted octanol–water partition coefficient (Wildman–Crippen LogP) is 2.89. The second kappa shape index (κ2) is 5.03. The van der Waals surface area contributed by atoms with Crippen molar-refractivity contribution < 1.29 is 9.66 Å². The Morgan fingerprint density at radius 1 is 1.29 bits per heavy atom. The summed E-state index contributed by atoms with van der Waals surface area (Å²) in [4.78, 5) is 10.5. The number of nitro benzene ring substituents is 1. The lowest BCUT2D eigenvalue weighted by Gasteiger charge is -2.22. The zero-order chi connectivity index (χ0) is 12.3. The van der Waals surface area contributed by atoms with Crippen LogP contribution in [-0.4, -0.2) is 11.0 Å². The highest BCUT2D eigenvalue weighted by Crippen LogP contribution is 2.35. The van der Waals surface area contributed by atoms with Gasteiger partial charge in [0.1, 0.15) is 5.69 Å². The fourth-order valence-corrected chi connectivity index (χ4v) is 2.19. The fraction of sp³-hybridized carbons (Fsp3) is 0.500. The molecule has 2 rings (SSSR count). The van der Waals surface area contributed by atoms with Crippen LogP contribution in [0.3, 0.4) is 0 Å². The molecule has 0 amide bonds. The van der Waals surface area contributed by atoms with E-state index in [1.807, 2.05) is 0 Å². The van der Waals surface area contributed by atoms with Gasteiger partial charge < -0.3 is 10.5 Å². The first-order chi connectivity index (χ1) is 8.18. The number of hydrogen-bond donors (Lipinski definition) is 1. The van der Waals surface area contributed by atoms with Crippen molar-refractivity contribution in [2.45, 2.75) is 38.2 Å². The molecule has 17 heavy (non-hydrogen) atoms. The third-order valence-corrected chi connectivity index (χ3v) is 3.06. The molecule has 5 nitrogen and oxygen atoms in total. The molecule has 5 heteroatoms. The van der Waals surface area contributed by atoms with Gasteiger partial charge in [-0.2, -0.15) is 0 Å². The summed E-state index contributed by atoms with van der Waals surface area (Å²) in [6, 6.07) is 4.81. The maximum atomic E-state index is 10.9. The Morgan fingerprint density at radius 2 is 2.00 bits per heavy atom. The molecule has 1 aromatic carbocycles. The summed E-state index contributed by atoms with van der Waals surface area (Å²) in [5.41, 5.74) is 5.65. The summed E-state index contributed by atoms with van der Waals surface area (Å²) >= 11 is 0. The molecule has 0 aliphatic heterocycles. The molecule has 2 N–H and O–H groups in total. The van der Waals surface area contributed by atoms with Crippen molar-refractivity contribution in [3.05, 3.63) is 28.3 Å². The van der Waals surface area contributed by atoms with E-state index in [4.69, 9.17) is 10.5 Å². The number of para-hydroxylation sites is 1. The van der Waals surface area contributed by atoms with Crippen LogP contribution in [0.2, 0.25) is 0 Å². The van der Waals surface area contributed by atoms with E-state index in [0.717, 1.165) is 25.7 Å². The molecular formula is C12H16N2O3. The molecule has 0 bridgehead atoms. The van der Waals surface area contributed by atoms with E-state index in [0.29, 0.717) is 5.75 Å². The molecular weight excluding hydrogens is 220 g/mol. The van der Waals surface area contributed by atoms with Crippen LogP contribution in [0.1, 0.15) is 32.1 Å². The number of rotatable bonds is 3. The van der Waals surface area contributed by atoms with E-state index in [-0.39, 0.29) is 17.5 Å². The molecule has 1 saturated carbocycles. The maximum Gasteiger partial charge on any atom is 0.333 e. The number of nitrogens with two attached hydrogens (primary N) is 1. The number of anilines is 1. The zero-order valence-electron chi connectivity index (χ0n) is 9.59. The Kier molecular flexibility index (Phi) is 3.46. The highest BCUT2D eigenvalue weighted by Gasteiger charge is 2.23. The first kappa shape index (κ1) is 11.7. The Labute approximate surface area is 99.7 Å². The van der Waals surface area contributed by atoms with Gasteiger partial charge in [0, 0.05) is 0 Å². The van der Waals surface area contributed by atoms with Gasteiger partial charge in [0.2, 0.25) is 0 Å². The Bertz CT molecular complexity index is 414. The zero-order valence-corrected chi connectivity index (χ0v) is 9.59. The van der Waals surface area contributed by atoms with E-state index in [2.05, 4.69) is 0 Å². The van der Waals surface area contributed by atoms with Gasteiger partial charge in [-0.25, -0.2) is 0 Å². The van der Waals surface area contributed by atoms with Crippen molar-refractivity contribution in [3.8, 4) is 5.75 Å². The summed E-state index contributed by atoms with van der Waals surface area (Å²) in [6.45, 7) is 0. The first-order valence-electron chi connectivity index (χ1n) is 5.88. The summed E-state index contributed by atoms with van der Waals surface area (Å²) in [6.07, 6.45) is 5.49. The van der Waals surface area contributed by atoms with E-state index < -0.39 is 4.92 Å². The molecule has 0 aromatic heterocycles. The highest BCUT2D eigenvalue weighted by molar-refractivity contribution is 5.65. The summed E-state index contributed by atoms with van der Waals surface area (Å²) in [7, 11) is 0. The van der Waals surface area contributed by atoms with Crippen molar-refractivity contribution in [1.82, 2.24) is 0 Å². The Morgan fingerprint density at radius 3 is 2.65 bits per heavy atom. The van der Waals surface area contributed by atoms with Crippen LogP contribution >= 0.6 is 0 Å². The van der Waals surface area contributed by atoms with Gasteiger partial charge >= 0.3 is 5.69 Å². The third kappa shape index (κ3) is 2.67. The van der Waals surface area contributed by atoms with E-state index in [1.165, 1.54) is 12.5 Å². The highest BCUT2D eigenvalue weighted by atomic mass is 16.6. The number of hydrogen-bond acceptors (Lipinski definition) is 4. The second-order valence-electron chi connectivity index (χ2n) is 4.33. The van der Waals surface area contributed by atoms with Crippen LogP contribution in [0.15, 0.2) is 18.2 Å². The van der Waals surface area contributed by atoms with Gasteiger partial charge in [-0.05, 0) is 37.8 Å². The maximum absolute atomic E-state index is 10.9. The third-order valence-electron chi connectivity index (χ3n) is 3.06. The van der Waals surface area contributed by atoms with Gasteiger partial charge in [-0.1, -0.05) is 12.5 Å². The van der Waals surface area contributed by atoms with Crippen molar-refractivity contribution in [2.24, 2.45) is 0 Å². The summed E-state index contributed by atoms with van der Waals surface area (Å²) in [5, 5.41) is 10.9. The van der Waals surface area contributed by atoms with Crippen LogP contribution in [0.25, 0.3) is 0 Å². The molecule has 0 unspecified atom stereocenters. The molecule has 1 aliphatic carbocycles. The van der Waals surface area contributed by atoms with Crippen LogP contribution in [0.4, 0.5) is 11.4 Å². The van der Waals surface area contributed by atoms with Gasteiger partial charge in [0.15, 0.2) is 5.75 Å². The smallest absolute Gasteiger partial charge is 0.333 e. The van der Waals surface area contributed by atoms with Crippen LogP contribution in [0, 0.1) is 10.1 Å². The van der Waals surface area contributed by atoms with Crippen LogP contribution in [0.5, 0.6) is 5.75 Å². The average Bonchev–Trinajstić information content (AvgIpc) is 2.30. The number of nitrogen functional groups attached to an aromatic ring is 1. The van der Waals surface area contributed by atoms with Crippen LogP contribution < -0.4 is 10.5 Å². The minimum Gasteiger partial charge on any atom is -0.483 e. The molecule has 1 aliphatic rings. The van der Waals surface area contributed by atoms with Gasteiger partial charge in [0.25, 0.3) is 0 Å². The number of nitrogens with zero attached hydrogens (tertiary/aromatic N) is 1. The van der Waals surface area contributed by atoms with Gasteiger partial charge in [-0.15, -0.1) is 0 Å². The van der Waals surface area contributed by atoms with E-state index in [1.54, 1.807) is 12.1 Å². The van der Waals surface area contributed by atoms with Crippen molar-refractivity contribution in [1.29, 1.82) is 0 Å². The SMILES string of the molecule is Nc1cccc(OC2CCCCC2)c1[N+](=O)[O-]. The van der Waals surface area contributed by atoms with E-state index in [9.17, 15) is 10.1 Å². The topological polar surface area (TPSA) is 78.4 Å². The van der Waals surface area contributed by atoms with Crippen LogP contribution in [-0.2, 0) is 0 Å². The molecule has 1 aromatic rings. The fourth-order valence-electron chi connectivity index (χ4n) is 2.19. The van der Waals surface area contributed by atoms with Crippen molar-refractivity contribution >= 4 is 11.4 Å². The standard InChI is InChI=1S/C12H16N2O3/c13-10-7-4-8-11(12(10)14(15)16)17-9-5-2-1-3-6-9/h4,7-9H,1-3,5-6,13H2. The molecule has 0 heterocycles. The monoisotopic (exact) mass is 236 g/mol. The van der Waals surface area contributed by atoms with Gasteiger partial charge in [-0.3, -0.25) is 10.1 Å². The molecule has 0 spiro atoms. The van der Waals surface area contributed by atoms with Crippen molar-refractivity contribution in [3.63, 3.8) is 0 Å². The van der Waals surface area contributed by atoms with E-state index >= 15 is 0 Å². The lowest BCUT2D eigenvalue weighted by Crippen LogP contribution is -2.20. The largest absolute Gasteiger partial charge is 0.483 e. The second-order valence-corrected chi connectivity index (χ2v) is 4.33. The molecule has 92 valence electrons. The predicted molar refractivity (Wildman–Crippen MR) is 65.0 cm³/mol. The van der Waals surface area contributed by atoms with Gasteiger partial charge in [0.05, 0.1) is 11.0 Å².